The van der Waals surface area contributed by atoms with Crippen LogP contribution in [0.15, 0.2) is 47.8 Å². The van der Waals surface area contributed by atoms with Gasteiger partial charge in [0.15, 0.2) is 5.69 Å². The van der Waals surface area contributed by atoms with Gasteiger partial charge >= 0.3 is 18.2 Å². The van der Waals surface area contributed by atoms with E-state index in [1.807, 2.05) is 37.4 Å². The fourth-order valence-electron chi connectivity index (χ4n) is 5.68. The SMILES string of the molecule is COC(=O)c1nc(C(=O)NCC(F)(F)F)ccc1-c1cc2c(cc1C(=O)Nc1c(C)cc(CNC(=O)OC(C)(C)C)cc1C)-c1sccc1CCO2. The Morgan fingerprint density at radius 3 is 2.29 bits per heavy atom. The minimum absolute atomic E-state index is 0.0865. The van der Waals surface area contributed by atoms with Gasteiger partial charge in [-0.3, -0.25) is 9.59 Å². The van der Waals surface area contributed by atoms with Gasteiger partial charge in [0.05, 0.1) is 13.7 Å². The molecular formula is C37H37F3N4O7S. The number of benzene rings is 2. The molecule has 0 atom stereocenters. The van der Waals surface area contributed by atoms with E-state index in [2.05, 4.69) is 15.6 Å². The summed E-state index contributed by atoms with van der Waals surface area (Å²) >= 11 is 1.48. The van der Waals surface area contributed by atoms with E-state index in [1.54, 1.807) is 38.2 Å². The third-order valence-electron chi connectivity index (χ3n) is 7.90. The number of nitrogens with one attached hydrogen (secondary N) is 3. The van der Waals surface area contributed by atoms with Crippen molar-refractivity contribution in [2.75, 3.05) is 25.6 Å². The molecule has 0 saturated heterocycles. The Morgan fingerprint density at radius 1 is 0.923 bits per heavy atom. The van der Waals surface area contributed by atoms with Crippen LogP contribution in [0.5, 0.6) is 5.75 Å². The summed E-state index contributed by atoms with van der Waals surface area (Å²) < 4.78 is 54.8. The number of alkyl halides is 3. The van der Waals surface area contributed by atoms with Crippen LogP contribution in [0, 0.1) is 13.8 Å². The molecule has 0 spiro atoms. The van der Waals surface area contributed by atoms with Gasteiger partial charge in [0.2, 0.25) is 0 Å². The smallest absolute Gasteiger partial charge is 0.407 e. The number of hydrogen-bond acceptors (Lipinski definition) is 9. The van der Waals surface area contributed by atoms with E-state index in [9.17, 15) is 32.3 Å². The first-order valence-electron chi connectivity index (χ1n) is 16.1. The van der Waals surface area contributed by atoms with Crippen LogP contribution in [-0.4, -0.2) is 60.9 Å². The number of carbonyl (C=O) groups excluding carboxylic acids is 4. The summed E-state index contributed by atoms with van der Waals surface area (Å²) in [5, 5.41) is 9.41. The molecule has 0 aliphatic carbocycles. The van der Waals surface area contributed by atoms with Crippen LogP contribution in [0.3, 0.4) is 0 Å². The molecule has 3 amide bonds. The van der Waals surface area contributed by atoms with Gasteiger partial charge in [-0.1, -0.05) is 12.1 Å². The number of aromatic nitrogens is 1. The van der Waals surface area contributed by atoms with Gasteiger partial charge in [-0.05, 0) is 92.6 Å². The topological polar surface area (TPSA) is 145 Å². The first-order chi connectivity index (χ1) is 24.4. The molecule has 0 bridgehead atoms. The fourth-order valence-corrected chi connectivity index (χ4v) is 6.65. The molecule has 2 aromatic carbocycles. The third-order valence-corrected chi connectivity index (χ3v) is 8.89. The Hall–Kier alpha value is -5.44. The number of fused-ring (bicyclic) bond motifs is 3. The molecule has 3 heterocycles. The number of alkyl carbamates (subject to hydrolysis) is 1. The second-order valence-corrected chi connectivity index (χ2v) is 14.0. The number of anilines is 1. The maximum absolute atomic E-state index is 14.3. The number of ether oxygens (including phenoxy) is 3. The van der Waals surface area contributed by atoms with E-state index >= 15 is 0 Å². The number of carbonyl (C=O) groups is 4. The molecule has 4 aromatic rings. The molecule has 52 heavy (non-hydrogen) atoms. The summed E-state index contributed by atoms with van der Waals surface area (Å²) in [5.74, 6) is -2.25. The summed E-state index contributed by atoms with van der Waals surface area (Å²) in [6.07, 6.45) is -4.61. The lowest BCUT2D eigenvalue weighted by atomic mass is 9.93. The van der Waals surface area contributed by atoms with Crippen LogP contribution < -0.4 is 20.7 Å². The predicted molar refractivity (Wildman–Crippen MR) is 189 cm³/mol. The molecule has 0 unspecified atom stereocenters. The Balaban J connectivity index is 1.56. The molecule has 5 rings (SSSR count). The van der Waals surface area contributed by atoms with Crippen LogP contribution >= 0.6 is 11.3 Å². The normalized spacial score (nSPS) is 12.4. The van der Waals surface area contributed by atoms with Gasteiger partial charge in [0.1, 0.15) is 23.6 Å². The number of hydrogen-bond donors (Lipinski definition) is 3. The van der Waals surface area contributed by atoms with Crippen molar-refractivity contribution in [2.45, 2.75) is 59.4 Å². The lowest BCUT2D eigenvalue weighted by Crippen LogP contribution is -2.34. The van der Waals surface area contributed by atoms with Crippen molar-refractivity contribution in [1.82, 2.24) is 15.6 Å². The van der Waals surface area contributed by atoms with Crippen molar-refractivity contribution < 1.29 is 46.6 Å². The Bertz CT molecular complexity index is 2030. The highest BCUT2D eigenvalue weighted by molar-refractivity contribution is 7.13. The standard InChI is InChI=1S/C37H37F3N4O7S/c1-19-13-21(17-41-35(48)51-36(3,4)5)14-20(2)29(19)44-32(45)25-15-26-28(50-11-9-22-10-12-52-31(22)26)16-24(25)23-7-8-27(43-30(23)34(47)49-6)33(46)42-18-37(38,39)40/h7-8,10,12-16H,9,11,17-18H2,1-6H3,(H,41,48)(H,42,46)(H,44,45). The zero-order chi connectivity index (χ0) is 38.0. The van der Waals surface area contributed by atoms with E-state index < -0.39 is 53.6 Å². The molecule has 0 radical (unpaired) electrons. The monoisotopic (exact) mass is 738 g/mol. The average Bonchev–Trinajstić information content (AvgIpc) is 3.47. The number of amides is 3. The highest BCUT2D eigenvalue weighted by Crippen LogP contribution is 2.43. The average molecular weight is 739 g/mol. The second kappa shape index (κ2) is 15.0. The Kier molecular flexibility index (Phi) is 10.9. The lowest BCUT2D eigenvalue weighted by Gasteiger charge is -2.20. The van der Waals surface area contributed by atoms with E-state index in [1.165, 1.54) is 17.4 Å². The lowest BCUT2D eigenvalue weighted by molar-refractivity contribution is -0.123. The van der Waals surface area contributed by atoms with E-state index in [-0.39, 0.29) is 23.2 Å². The summed E-state index contributed by atoms with van der Waals surface area (Å²) in [7, 11) is 1.09. The molecule has 0 saturated carbocycles. The van der Waals surface area contributed by atoms with E-state index in [4.69, 9.17) is 14.2 Å². The van der Waals surface area contributed by atoms with Crippen molar-refractivity contribution in [3.05, 3.63) is 87.0 Å². The molecule has 1 aliphatic rings. The number of nitrogens with zero attached hydrogens (tertiary/aromatic N) is 1. The minimum Gasteiger partial charge on any atom is -0.493 e. The minimum atomic E-state index is -4.67. The van der Waals surface area contributed by atoms with Crippen molar-refractivity contribution in [3.8, 4) is 27.3 Å². The maximum atomic E-state index is 14.3. The van der Waals surface area contributed by atoms with Crippen LogP contribution in [0.4, 0.5) is 23.7 Å². The second-order valence-electron chi connectivity index (χ2n) is 13.1. The van der Waals surface area contributed by atoms with Crippen LogP contribution in [0.25, 0.3) is 21.6 Å². The first kappa shape index (κ1) is 37.8. The molecule has 11 nitrogen and oxygen atoms in total. The van der Waals surface area contributed by atoms with Gasteiger partial charge in [0, 0.05) is 45.8 Å². The summed E-state index contributed by atoms with van der Waals surface area (Å²) in [4.78, 5) is 57.2. The largest absolute Gasteiger partial charge is 0.493 e. The van der Waals surface area contributed by atoms with Crippen molar-refractivity contribution >= 4 is 40.9 Å². The van der Waals surface area contributed by atoms with Crippen molar-refractivity contribution in [3.63, 3.8) is 0 Å². The zero-order valence-electron chi connectivity index (χ0n) is 29.3. The van der Waals surface area contributed by atoms with Gasteiger partial charge < -0.3 is 30.2 Å². The fraction of sp³-hybridized carbons (Fsp3) is 0.324. The summed E-state index contributed by atoms with van der Waals surface area (Å²) in [6, 6.07) is 11.4. The van der Waals surface area contributed by atoms with Gasteiger partial charge in [-0.25, -0.2) is 14.6 Å². The molecule has 1 aliphatic heterocycles. The number of halogens is 3. The number of esters is 1. The van der Waals surface area contributed by atoms with Gasteiger partial charge in [-0.2, -0.15) is 13.2 Å². The summed E-state index contributed by atoms with van der Waals surface area (Å²) in [6.45, 7) is 7.86. The van der Waals surface area contributed by atoms with Gasteiger partial charge in [0.25, 0.3) is 11.8 Å². The van der Waals surface area contributed by atoms with Crippen molar-refractivity contribution in [2.24, 2.45) is 0 Å². The molecule has 0 fully saturated rings. The number of thiophene rings is 1. The van der Waals surface area contributed by atoms with Crippen LogP contribution in [0.2, 0.25) is 0 Å². The molecule has 15 heteroatoms. The Morgan fingerprint density at radius 2 is 1.63 bits per heavy atom. The zero-order valence-corrected chi connectivity index (χ0v) is 30.1. The van der Waals surface area contributed by atoms with Crippen LogP contribution in [0.1, 0.15) is 74.4 Å². The summed E-state index contributed by atoms with van der Waals surface area (Å²) in [5.41, 5.74) is 3.32. The highest BCUT2D eigenvalue weighted by atomic mass is 32.1. The maximum Gasteiger partial charge on any atom is 0.407 e. The van der Waals surface area contributed by atoms with E-state index in [0.29, 0.717) is 41.2 Å². The number of pyridine rings is 1. The number of rotatable bonds is 8. The molecule has 3 N–H and O–H groups in total. The van der Waals surface area contributed by atoms with Crippen LogP contribution in [-0.2, 0) is 22.4 Å². The first-order valence-corrected chi connectivity index (χ1v) is 17.0. The Labute approximate surface area is 301 Å². The van der Waals surface area contributed by atoms with Crippen molar-refractivity contribution in [1.29, 1.82) is 0 Å². The molecular weight excluding hydrogens is 701 g/mol. The van der Waals surface area contributed by atoms with Gasteiger partial charge in [-0.15, -0.1) is 11.3 Å². The predicted octanol–water partition coefficient (Wildman–Crippen LogP) is 7.38. The molecule has 2 aromatic heterocycles. The van der Waals surface area contributed by atoms with E-state index in [0.717, 1.165) is 29.2 Å². The quantitative estimate of drug-likeness (QED) is 0.159. The highest BCUT2D eigenvalue weighted by Gasteiger charge is 2.30. The third kappa shape index (κ3) is 8.88. The number of methoxy groups -OCH3 is 1. The number of aryl methyl sites for hydroxylation is 2. The molecule has 274 valence electrons.